The first-order valence-corrected chi connectivity index (χ1v) is 5.64. The third kappa shape index (κ3) is 2.84. The summed E-state index contributed by atoms with van der Waals surface area (Å²) >= 11 is 9.04. The lowest BCUT2D eigenvalue weighted by atomic mass is 9.98. The maximum atomic E-state index is 9.90. The first-order valence-electron chi connectivity index (χ1n) is 4.31. The molecule has 1 rings (SSSR count). The van der Waals surface area contributed by atoms with E-state index < -0.39 is 6.10 Å². The van der Waals surface area contributed by atoms with Crippen molar-refractivity contribution < 1.29 is 5.11 Å². The van der Waals surface area contributed by atoms with Crippen LogP contribution < -0.4 is 0 Å². The summed E-state index contributed by atoms with van der Waals surface area (Å²) in [4.78, 5) is 0. The monoisotopic (exact) mass is 274 g/mol. The van der Waals surface area contributed by atoms with Crippen molar-refractivity contribution in [2.45, 2.75) is 6.10 Å². The van der Waals surface area contributed by atoms with Gasteiger partial charge >= 0.3 is 0 Å². The minimum atomic E-state index is -0.571. The number of halogens is 2. The first-order chi connectivity index (χ1) is 6.69. The predicted molar refractivity (Wildman–Crippen MR) is 63.5 cm³/mol. The lowest BCUT2D eigenvalue weighted by molar-refractivity contribution is 0.141. The molecule has 3 heteroatoms. The number of aliphatic hydroxyl groups excluding tert-OH is 1. The fraction of sp³-hybridized carbons (Fsp3) is 0.273. The summed E-state index contributed by atoms with van der Waals surface area (Å²) in [5, 5.41) is 9.90. The smallest absolute Gasteiger partial charge is 0.0863 e. The molecule has 1 aromatic carbocycles. The molecule has 1 aromatic rings. The molecule has 0 bridgehead atoms. The molecule has 0 aromatic heterocycles. The lowest BCUT2D eigenvalue weighted by Crippen LogP contribution is -2.11. The Labute approximate surface area is 97.5 Å². The molecule has 0 aliphatic carbocycles. The molecular weight excluding hydrogens is 263 g/mol. The molecule has 0 amide bonds. The van der Waals surface area contributed by atoms with Crippen LogP contribution in [-0.4, -0.2) is 11.0 Å². The van der Waals surface area contributed by atoms with Gasteiger partial charge in [-0.2, -0.15) is 0 Å². The van der Waals surface area contributed by atoms with Crippen LogP contribution in [0.3, 0.4) is 0 Å². The Balaban J connectivity index is 2.82. The van der Waals surface area contributed by atoms with E-state index in [1.165, 1.54) is 0 Å². The van der Waals surface area contributed by atoms with Crippen LogP contribution in [0.4, 0.5) is 0 Å². The number of aliphatic hydroxyl groups is 1. The van der Waals surface area contributed by atoms with Crippen LogP contribution in [-0.2, 0) is 0 Å². The van der Waals surface area contributed by atoms with E-state index in [0.717, 1.165) is 10.0 Å². The Morgan fingerprint density at radius 2 is 2.00 bits per heavy atom. The molecule has 2 atom stereocenters. The molecule has 0 radical (unpaired) electrons. The zero-order chi connectivity index (χ0) is 10.6. The largest absolute Gasteiger partial charge is 0.388 e. The van der Waals surface area contributed by atoms with Crippen LogP contribution in [0.25, 0.3) is 0 Å². The van der Waals surface area contributed by atoms with E-state index in [9.17, 15) is 5.11 Å². The van der Waals surface area contributed by atoms with Gasteiger partial charge in [-0.15, -0.1) is 18.2 Å². The highest BCUT2D eigenvalue weighted by Gasteiger charge is 2.16. The zero-order valence-electron chi connectivity index (χ0n) is 7.66. The van der Waals surface area contributed by atoms with E-state index in [-0.39, 0.29) is 5.92 Å². The van der Waals surface area contributed by atoms with Gasteiger partial charge in [-0.25, -0.2) is 0 Å². The molecule has 0 saturated heterocycles. The molecule has 2 unspecified atom stereocenters. The molecule has 0 fully saturated rings. The van der Waals surface area contributed by atoms with Crippen LogP contribution >= 0.6 is 27.5 Å². The lowest BCUT2D eigenvalue weighted by Gasteiger charge is -2.17. The molecule has 1 nitrogen and oxygen atoms in total. The maximum absolute atomic E-state index is 9.90. The topological polar surface area (TPSA) is 20.2 Å². The number of benzene rings is 1. The van der Waals surface area contributed by atoms with Gasteiger partial charge in [0.25, 0.3) is 0 Å². The van der Waals surface area contributed by atoms with Crippen LogP contribution in [0.1, 0.15) is 11.7 Å². The van der Waals surface area contributed by atoms with Crippen molar-refractivity contribution in [1.82, 2.24) is 0 Å². The third-order valence-electron chi connectivity index (χ3n) is 2.10. The SMILES string of the molecule is C=CC(CCl)C(O)c1ccc(Br)cc1. The Bertz CT molecular complexity index is 297. The van der Waals surface area contributed by atoms with Crippen molar-refractivity contribution in [1.29, 1.82) is 0 Å². The standard InChI is InChI=1S/C11H12BrClO/c1-2-8(7-13)11(14)9-3-5-10(12)6-4-9/h2-6,8,11,14H,1,7H2. The van der Waals surface area contributed by atoms with E-state index in [4.69, 9.17) is 11.6 Å². The van der Waals surface area contributed by atoms with E-state index in [2.05, 4.69) is 22.5 Å². The second-order valence-electron chi connectivity index (χ2n) is 3.05. The highest BCUT2D eigenvalue weighted by Crippen LogP contribution is 2.25. The molecule has 14 heavy (non-hydrogen) atoms. The summed E-state index contributed by atoms with van der Waals surface area (Å²) in [6.45, 7) is 3.64. The Morgan fingerprint density at radius 1 is 1.43 bits per heavy atom. The summed E-state index contributed by atoms with van der Waals surface area (Å²) in [6.07, 6.45) is 1.11. The van der Waals surface area contributed by atoms with Crippen molar-refractivity contribution in [3.05, 3.63) is 47.0 Å². The number of rotatable bonds is 4. The molecule has 0 saturated carbocycles. The zero-order valence-corrected chi connectivity index (χ0v) is 10.0. The summed E-state index contributed by atoms with van der Waals surface area (Å²) < 4.78 is 0.995. The van der Waals surface area contributed by atoms with E-state index >= 15 is 0 Å². The second kappa shape index (κ2) is 5.54. The van der Waals surface area contributed by atoms with Gasteiger partial charge in [0.15, 0.2) is 0 Å². The third-order valence-corrected chi connectivity index (χ3v) is 2.98. The fourth-order valence-corrected chi connectivity index (χ4v) is 1.74. The Kier molecular flexibility index (Phi) is 4.66. The highest BCUT2D eigenvalue weighted by molar-refractivity contribution is 9.10. The first kappa shape index (κ1) is 11.8. The van der Waals surface area contributed by atoms with E-state index in [1.54, 1.807) is 6.08 Å². The van der Waals surface area contributed by atoms with Gasteiger partial charge in [0, 0.05) is 16.3 Å². The van der Waals surface area contributed by atoms with Crippen molar-refractivity contribution >= 4 is 27.5 Å². The van der Waals surface area contributed by atoms with Gasteiger partial charge in [-0.3, -0.25) is 0 Å². The van der Waals surface area contributed by atoms with Gasteiger partial charge in [-0.1, -0.05) is 34.1 Å². The van der Waals surface area contributed by atoms with Crippen LogP contribution in [0.5, 0.6) is 0 Å². The van der Waals surface area contributed by atoms with Crippen molar-refractivity contribution in [2.24, 2.45) is 5.92 Å². The van der Waals surface area contributed by atoms with Crippen LogP contribution in [0, 0.1) is 5.92 Å². The highest BCUT2D eigenvalue weighted by atomic mass is 79.9. The van der Waals surface area contributed by atoms with Gasteiger partial charge in [-0.05, 0) is 17.7 Å². The second-order valence-corrected chi connectivity index (χ2v) is 4.27. The van der Waals surface area contributed by atoms with Crippen LogP contribution in [0.2, 0.25) is 0 Å². The number of hydrogen-bond acceptors (Lipinski definition) is 1. The Morgan fingerprint density at radius 3 is 2.43 bits per heavy atom. The number of hydrogen-bond donors (Lipinski definition) is 1. The van der Waals surface area contributed by atoms with Crippen LogP contribution in [0.15, 0.2) is 41.4 Å². The molecule has 0 aliphatic heterocycles. The van der Waals surface area contributed by atoms with Crippen molar-refractivity contribution in [2.75, 3.05) is 5.88 Å². The average molecular weight is 276 g/mol. The molecular formula is C11H12BrClO. The Hall–Kier alpha value is -0.310. The predicted octanol–water partition coefficient (Wildman–Crippen LogP) is 3.52. The van der Waals surface area contributed by atoms with Crippen molar-refractivity contribution in [3.8, 4) is 0 Å². The summed E-state index contributed by atoms with van der Waals surface area (Å²) in [5.74, 6) is 0.277. The normalized spacial score (nSPS) is 14.8. The van der Waals surface area contributed by atoms with Gasteiger partial charge in [0.2, 0.25) is 0 Å². The minimum Gasteiger partial charge on any atom is -0.388 e. The quantitative estimate of drug-likeness (QED) is 0.658. The molecule has 0 aliphatic rings. The molecule has 76 valence electrons. The van der Waals surface area contributed by atoms with Crippen molar-refractivity contribution in [3.63, 3.8) is 0 Å². The summed E-state index contributed by atoms with van der Waals surface area (Å²) in [6, 6.07) is 7.54. The number of alkyl halides is 1. The van der Waals surface area contributed by atoms with Gasteiger partial charge in [0.1, 0.15) is 0 Å². The van der Waals surface area contributed by atoms with Gasteiger partial charge < -0.3 is 5.11 Å². The minimum absolute atomic E-state index is 0.0992. The average Bonchev–Trinajstić information content (AvgIpc) is 2.20. The maximum Gasteiger partial charge on any atom is 0.0863 e. The summed E-state index contributed by atoms with van der Waals surface area (Å²) in [7, 11) is 0. The van der Waals surface area contributed by atoms with Gasteiger partial charge in [0.05, 0.1) is 6.10 Å². The summed E-state index contributed by atoms with van der Waals surface area (Å²) in [5.41, 5.74) is 0.860. The molecule has 0 heterocycles. The molecule has 1 N–H and O–H groups in total. The molecule has 0 spiro atoms. The fourth-order valence-electron chi connectivity index (χ4n) is 1.18. The van der Waals surface area contributed by atoms with E-state index in [1.807, 2.05) is 24.3 Å². The van der Waals surface area contributed by atoms with E-state index in [0.29, 0.717) is 5.88 Å².